The summed E-state index contributed by atoms with van der Waals surface area (Å²) in [4.78, 5) is 0. The first-order valence-electron chi connectivity index (χ1n) is 6.09. The molecule has 0 aliphatic heterocycles. The molecule has 1 nitrogen and oxygen atoms in total. The normalized spacial score (nSPS) is 12.4. The van der Waals surface area contributed by atoms with Gasteiger partial charge in [0, 0.05) is 0 Å². The third kappa shape index (κ3) is 3.92. The van der Waals surface area contributed by atoms with Gasteiger partial charge in [0.2, 0.25) is 0 Å². The van der Waals surface area contributed by atoms with Crippen molar-refractivity contribution in [3.8, 4) is 5.75 Å². The molecule has 0 aliphatic rings. The van der Waals surface area contributed by atoms with Crippen LogP contribution in [0.15, 0.2) is 24.8 Å². The number of rotatable bonds is 2. The monoisotopic (exact) mass is 232 g/mol. The molecule has 1 aromatic carbocycles. The van der Waals surface area contributed by atoms with E-state index in [4.69, 9.17) is 4.74 Å². The van der Waals surface area contributed by atoms with Crippen LogP contribution in [0.3, 0.4) is 0 Å². The smallest absolute Gasteiger partial charge is 0.124 e. The van der Waals surface area contributed by atoms with E-state index in [-0.39, 0.29) is 11.0 Å². The van der Waals surface area contributed by atoms with Gasteiger partial charge in [0.1, 0.15) is 11.4 Å². The van der Waals surface area contributed by atoms with Gasteiger partial charge in [-0.05, 0) is 43.4 Å². The van der Waals surface area contributed by atoms with E-state index in [0.29, 0.717) is 0 Å². The number of ether oxygens (including phenoxy) is 1. The first-order chi connectivity index (χ1) is 7.63. The van der Waals surface area contributed by atoms with Crippen molar-refractivity contribution < 1.29 is 4.74 Å². The van der Waals surface area contributed by atoms with E-state index >= 15 is 0 Å². The van der Waals surface area contributed by atoms with Gasteiger partial charge in [-0.2, -0.15) is 0 Å². The third-order valence-electron chi connectivity index (χ3n) is 2.47. The average molecular weight is 232 g/mol. The maximum absolute atomic E-state index is 6.05. The van der Waals surface area contributed by atoms with Crippen molar-refractivity contribution in [1.29, 1.82) is 0 Å². The molecule has 0 aromatic heterocycles. The van der Waals surface area contributed by atoms with E-state index in [1.807, 2.05) is 6.08 Å². The highest BCUT2D eigenvalue weighted by molar-refractivity contribution is 5.53. The molecule has 0 unspecified atom stereocenters. The van der Waals surface area contributed by atoms with Crippen molar-refractivity contribution in [3.05, 3.63) is 35.9 Å². The van der Waals surface area contributed by atoms with E-state index in [0.717, 1.165) is 11.3 Å². The predicted octanol–water partition coefficient (Wildman–Crippen LogP) is 4.80. The fourth-order valence-corrected chi connectivity index (χ4v) is 1.70. The fourth-order valence-electron chi connectivity index (χ4n) is 1.70. The fraction of sp³-hybridized carbons (Fsp3) is 0.500. The lowest BCUT2D eigenvalue weighted by molar-refractivity contribution is 0.128. The van der Waals surface area contributed by atoms with Crippen molar-refractivity contribution in [2.75, 3.05) is 0 Å². The van der Waals surface area contributed by atoms with E-state index < -0.39 is 0 Å². The molecule has 0 amide bonds. The quantitative estimate of drug-likeness (QED) is 0.711. The Morgan fingerprint density at radius 3 is 2.06 bits per heavy atom. The number of hydrogen-bond donors (Lipinski definition) is 0. The predicted molar refractivity (Wildman–Crippen MR) is 75.6 cm³/mol. The molecule has 1 heteroatoms. The molecule has 0 saturated carbocycles. The highest BCUT2D eigenvalue weighted by Gasteiger charge is 2.22. The largest absolute Gasteiger partial charge is 0.488 e. The van der Waals surface area contributed by atoms with Gasteiger partial charge in [0.15, 0.2) is 0 Å². The van der Waals surface area contributed by atoms with Crippen LogP contribution in [-0.2, 0) is 5.41 Å². The van der Waals surface area contributed by atoms with Crippen LogP contribution in [0.5, 0.6) is 5.75 Å². The summed E-state index contributed by atoms with van der Waals surface area (Å²) in [5.74, 6) is 0.961. The molecule has 0 spiro atoms. The molecule has 0 bridgehead atoms. The van der Waals surface area contributed by atoms with Gasteiger partial charge in [0.05, 0.1) is 0 Å². The molecule has 94 valence electrons. The molecule has 1 rings (SSSR count). The Kier molecular flexibility index (Phi) is 3.71. The molecule has 17 heavy (non-hydrogen) atoms. The van der Waals surface area contributed by atoms with Gasteiger partial charge < -0.3 is 4.74 Å². The van der Waals surface area contributed by atoms with Crippen LogP contribution in [0.1, 0.15) is 52.7 Å². The van der Waals surface area contributed by atoms with Crippen LogP contribution in [0, 0.1) is 0 Å². The van der Waals surface area contributed by atoms with E-state index in [1.165, 1.54) is 5.56 Å². The highest BCUT2D eigenvalue weighted by Crippen LogP contribution is 2.34. The van der Waals surface area contributed by atoms with Crippen LogP contribution >= 0.6 is 0 Å². The maximum atomic E-state index is 6.05. The van der Waals surface area contributed by atoms with Crippen LogP contribution in [0.25, 0.3) is 6.08 Å². The van der Waals surface area contributed by atoms with E-state index in [2.05, 4.69) is 66.3 Å². The Hall–Kier alpha value is -1.24. The van der Waals surface area contributed by atoms with Crippen molar-refractivity contribution in [3.63, 3.8) is 0 Å². The Balaban J connectivity index is 3.26. The molecule has 0 radical (unpaired) electrons. The number of hydrogen-bond acceptors (Lipinski definition) is 1. The van der Waals surface area contributed by atoms with Crippen LogP contribution < -0.4 is 4.74 Å². The van der Waals surface area contributed by atoms with Crippen molar-refractivity contribution in [2.45, 2.75) is 52.6 Å². The summed E-state index contributed by atoms with van der Waals surface area (Å²) >= 11 is 0. The Morgan fingerprint density at radius 1 is 1.06 bits per heavy atom. The first-order valence-corrected chi connectivity index (χ1v) is 6.09. The molecule has 1 aromatic rings. The first kappa shape index (κ1) is 13.8. The molecule has 0 heterocycles. The summed E-state index contributed by atoms with van der Waals surface area (Å²) in [7, 11) is 0. The topological polar surface area (TPSA) is 9.23 Å². The third-order valence-corrected chi connectivity index (χ3v) is 2.47. The molecule has 0 N–H and O–H groups in total. The van der Waals surface area contributed by atoms with Crippen LogP contribution in [0.2, 0.25) is 0 Å². The Bertz CT molecular complexity index is 403. The average Bonchev–Trinajstić information content (AvgIpc) is 2.13. The van der Waals surface area contributed by atoms with Crippen molar-refractivity contribution in [2.24, 2.45) is 0 Å². The summed E-state index contributed by atoms with van der Waals surface area (Å²) in [6.45, 7) is 16.6. The van der Waals surface area contributed by atoms with Gasteiger partial charge in [-0.3, -0.25) is 0 Å². The number of benzene rings is 1. The zero-order chi connectivity index (χ0) is 13.3. The minimum Gasteiger partial charge on any atom is -0.488 e. The van der Waals surface area contributed by atoms with Crippen LogP contribution in [0.4, 0.5) is 0 Å². The second-order valence-corrected chi connectivity index (χ2v) is 6.42. The molecule has 0 saturated heterocycles. The zero-order valence-electron chi connectivity index (χ0n) is 11.9. The minimum absolute atomic E-state index is 0.0836. The van der Waals surface area contributed by atoms with Crippen molar-refractivity contribution in [1.82, 2.24) is 0 Å². The van der Waals surface area contributed by atoms with Gasteiger partial charge in [-0.25, -0.2) is 0 Å². The van der Waals surface area contributed by atoms with Gasteiger partial charge >= 0.3 is 0 Å². The highest BCUT2D eigenvalue weighted by atomic mass is 16.5. The molecular formula is C16H24O. The lowest BCUT2D eigenvalue weighted by Gasteiger charge is -2.28. The standard InChI is InChI=1S/C16H24O/c1-8-12-9-10-13(15(2,3)4)14(11-12)17-16(5,6)7/h8-11H,1H2,2-7H3. The second-order valence-electron chi connectivity index (χ2n) is 6.42. The van der Waals surface area contributed by atoms with Gasteiger partial charge in [-0.1, -0.05) is 45.6 Å². The molecule has 0 aliphatic carbocycles. The van der Waals surface area contributed by atoms with E-state index in [1.54, 1.807) is 0 Å². The SMILES string of the molecule is C=Cc1ccc(C(C)(C)C)c(OC(C)(C)C)c1. The molecule has 0 atom stereocenters. The Labute approximate surface area is 106 Å². The second kappa shape index (κ2) is 4.56. The molecule has 0 fully saturated rings. The van der Waals surface area contributed by atoms with Crippen LogP contribution in [-0.4, -0.2) is 5.60 Å². The lowest BCUT2D eigenvalue weighted by atomic mass is 9.85. The van der Waals surface area contributed by atoms with E-state index in [9.17, 15) is 0 Å². The van der Waals surface area contributed by atoms with Gasteiger partial charge in [0.25, 0.3) is 0 Å². The van der Waals surface area contributed by atoms with Crippen molar-refractivity contribution >= 4 is 6.08 Å². The molecular weight excluding hydrogens is 208 g/mol. The Morgan fingerprint density at radius 2 is 1.65 bits per heavy atom. The summed E-state index contributed by atoms with van der Waals surface area (Å²) in [6, 6.07) is 6.29. The van der Waals surface area contributed by atoms with Gasteiger partial charge in [-0.15, -0.1) is 0 Å². The summed E-state index contributed by atoms with van der Waals surface area (Å²) in [5.41, 5.74) is 2.23. The maximum Gasteiger partial charge on any atom is 0.124 e. The summed E-state index contributed by atoms with van der Waals surface area (Å²) in [5, 5.41) is 0. The lowest BCUT2D eigenvalue weighted by Crippen LogP contribution is -2.25. The summed E-state index contributed by atoms with van der Waals surface area (Å²) in [6.07, 6.45) is 1.85. The summed E-state index contributed by atoms with van der Waals surface area (Å²) < 4.78 is 6.05. The minimum atomic E-state index is -0.181. The zero-order valence-corrected chi connectivity index (χ0v) is 11.9.